The summed E-state index contributed by atoms with van der Waals surface area (Å²) in [5.41, 5.74) is 19.6. The predicted octanol–water partition coefficient (Wildman–Crippen LogP) is 17.5. The van der Waals surface area contributed by atoms with E-state index in [1.54, 1.807) is 0 Å². The highest BCUT2D eigenvalue weighted by Gasteiger charge is 2.16. The van der Waals surface area contributed by atoms with Crippen LogP contribution in [0.3, 0.4) is 0 Å². The van der Waals surface area contributed by atoms with Crippen molar-refractivity contribution in [2.45, 2.75) is 52.4 Å². The summed E-state index contributed by atoms with van der Waals surface area (Å²) in [6.07, 6.45) is 13.5. The lowest BCUT2D eigenvalue weighted by Gasteiger charge is -2.20. The summed E-state index contributed by atoms with van der Waals surface area (Å²) in [5, 5.41) is 0. The van der Waals surface area contributed by atoms with Crippen LogP contribution in [-0.2, 0) is 10.8 Å². The Hall–Kier alpha value is -7.28. The van der Waals surface area contributed by atoms with E-state index in [1.165, 1.54) is 77.9 Å². The Balaban J connectivity index is 0.987. The molecule has 0 aliphatic rings. The van der Waals surface area contributed by atoms with Crippen molar-refractivity contribution in [1.29, 1.82) is 0 Å². The molecular weight excluding hydrogens is 769 g/mol. The zero-order valence-corrected chi connectivity index (χ0v) is 38.1. The third-order valence-electron chi connectivity index (χ3n) is 12.0. The van der Waals surface area contributed by atoms with Gasteiger partial charge in [-0.15, -0.1) is 0 Å². The Labute approximate surface area is 382 Å². The zero-order valence-electron chi connectivity index (χ0n) is 38.1. The topological polar surface area (TPSA) is 0 Å². The summed E-state index contributed by atoms with van der Waals surface area (Å²) in [6, 6.07) is 74.5. The molecule has 0 aliphatic heterocycles. The maximum Gasteiger partial charge on any atom is -0.0105 e. The molecule has 0 spiro atoms. The molecule has 0 unspecified atom stereocenters. The van der Waals surface area contributed by atoms with Crippen molar-refractivity contribution >= 4 is 47.6 Å². The van der Waals surface area contributed by atoms with Crippen molar-refractivity contribution in [3.8, 4) is 11.1 Å². The van der Waals surface area contributed by atoms with Crippen molar-refractivity contribution in [2.75, 3.05) is 0 Å². The maximum absolute atomic E-state index is 2.33. The van der Waals surface area contributed by atoms with Crippen LogP contribution < -0.4 is 0 Å². The molecule has 0 atom stereocenters. The highest BCUT2D eigenvalue weighted by atomic mass is 14.2. The summed E-state index contributed by atoms with van der Waals surface area (Å²) in [6.45, 7) is 13.6. The molecule has 0 bridgehead atoms. The Bertz CT molecular complexity index is 2700. The van der Waals surface area contributed by atoms with Crippen LogP contribution in [0, 0.1) is 0 Å². The molecule has 8 aromatic carbocycles. The van der Waals surface area contributed by atoms with Gasteiger partial charge in [0.15, 0.2) is 0 Å². The number of benzene rings is 8. The lowest BCUT2D eigenvalue weighted by molar-refractivity contribution is 0.590. The third kappa shape index (κ3) is 10.8. The molecule has 0 saturated carbocycles. The molecule has 0 aliphatic carbocycles. The lowest BCUT2D eigenvalue weighted by Crippen LogP contribution is -2.10. The van der Waals surface area contributed by atoms with E-state index in [9.17, 15) is 0 Å². The smallest absolute Gasteiger partial charge is 0.0105 e. The van der Waals surface area contributed by atoms with Gasteiger partial charge in [0.1, 0.15) is 0 Å². The Morgan fingerprint density at radius 2 is 0.578 bits per heavy atom. The van der Waals surface area contributed by atoms with Crippen molar-refractivity contribution < 1.29 is 0 Å². The van der Waals surface area contributed by atoms with E-state index in [1.807, 2.05) is 0 Å². The fraction of sp³-hybridized carbons (Fsp3) is 0.125. The summed E-state index contributed by atoms with van der Waals surface area (Å²) in [5.74, 6) is 0. The highest BCUT2D eigenvalue weighted by Crippen LogP contribution is 2.33. The second-order valence-corrected chi connectivity index (χ2v) is 18.7. The standard InChI is InChI=1S/C64H58/c1-63(2,3)59-41-37-55(38-42-59)61(53-19-9-7-10-20-53)45-57-23-15-13-17-49(57)31-25-47-27-33-51(34-28-47)52-35-29-48(30-36-52)26-32-50-18-14-16-24-58(50)46-62(54-21-11-8-12-22-54)56-39-43-60(44-40-56)64(4,5)6/h7-46H,1-6H3. The van der Waals surface area contributed by atoms with Gasteiger partial charge in [-0.25, -0.2) is 0 Å². The van der Waals surface area contributed by atoms with Gasteiger partial charge in [-0.2, -0.15) is 0 Å². The average Bonchev–Trinajstić information content (AvgIpc) is 3.32. The summed E-state index contributed by atoms with van der Waals surface area (Å²) in [7, 11) is 0. The largest absolute Gasteiger partial charge is 0.0622 e. The summed E-state index contributed by atoms with van der Waals surface area (Å²) < 4.78 is 0. The molecular formula is C64H58. The van der Waals surface area contributed by atoms with Gasteiger partial charge in [0.2, 0.25) is 0 Å². The molecule has 0 saturated heterocycles. The minimum atomic E-state index is 0.106. The Morgan fingerprint density at radius 1 is 0.281 bits per heavy atom. The van der Waals surface area contributed by atoms with Crippen LogP contribution in [0.5, 0.6) is 0 Å². The van der Waals surface area contributed by atoms with Crippen LogP contribution >= 0.6 is 0 Å². The van der Waals surface area contributed by atoms with Crippen LogP contribution in [0.25, 0.3) is 58.7 Å². The Kier molecular flexibility index (Phi) is 13.2. The lowest BCUT2D eigenvalue weighted by atomic mass is 9.85. The molecule has 64 heavy (non-hydrogen) atoms. The van der Waals surface area contributed by atoms with Gasteiger partial charge >= 0.3 is 0 Å². The molecule has 0 aromatic heterocycles. The fourth-order valence-electron chi connectivity index (χ4n) is 8.05. The Morgan fingerprint density at radius 3 is 0.906 bits per heavy atom. The van der Waals surface area contributed by atoms with E-state index in [2.05, 4.69) is 284 Å². The quantitative estimate of drug-likeness (QED) is 0.114. The first kappa shape index (κ1) is 43.4. The highest BCUT2D eigenvalue weighted by molar-refractivity contribution is 5.94. The molecule has 0 heterocycles. The first-order valence-corrected chi connectivity index (χ1v) is 22.5. The fourth-order valence-corrected chi connectivity index (χ4v) is 8.05. The molecule has 0 radical (unpaired) electrons. The predicted molar refractivity (Wildman–Crippen MR) is 280 cm³/mol. The summed E-state index contributed by atoms with van der Waals surface area (Å²) in [4.78, 5) is 0. The first-order valence-electron chi connectivity index (χ1n) is 22.5. The van der Waals surface area contributed by atoms with Crippen LogP contribution in [0.4, 0.5) is 0 Å². The van der Waals surface area contributed by atoms with Crippen molar-refractivity contribution in [3.63, 3.8) is 0 Å². The average molecular weight is 827 g/mol. The summed E-state index contributed by atoms with van der Waals surface area (Å²) >= 11 is 0. The van der Waals surface area contributed by atoms with Gasteiger partial charge in [0, 0.05) is 0 Å². The van der Waals surface area contributed by atoms with Gasteiger partial charge in [0.25, 0.3) is 0 Å². The van der Waals surface area contributed by atoms with Crippen LogP contribution in [0.15, 0.2) is 206 Å². The molecule has 8 rings (SSSR count). The van der Waals surface area contributed by atoms with Crippen molar-refractivity contribution in [1.82, 2.24) is 0 Å². The second kappa shape index (κ2) is 19.4. The van der Waals surface area contributed by atoms with Gasteiger partial charge in [-0.05, 0) is 112 Å². The van der Waals surface area contributed by atoms with E-state index in [-0.39, 0.29) is 10.8 Å². The number of rotatable bonds is 11. The molecule has 0 N–H and O–H groups in total. The van der Waals surface area contributed by atoms with E-state index in [4.69, 9.17) is 0 Å². The molecule has 0 nitrogen and oxygen atoms in total. The first-order chi connectivity index (χ1) is 31.0. The normalized spacial score (nSPS) is 12.6. The molecule has 314 valence electrons. The van der Waals surface area contributed by atoms with Gasteiger partial charge in [0.05, 0.1) is 0 Å². The molecule has 8 aromatic rings. The van der Waals surface area contributed by atoms with Gasteiger partial charge < -0.3 is 0 Å². The van der Waals surface area contributed by atoms with E-state index < -0.39 is 0 Å². The SMILES string of the molecule is CC(C)(C)c1ccc(C(=Cc2ccccc2C=Cc2ccc(-c3ccc(C=Cc4ccccc4C=C(c4ccccc4)c4ccc(C(C)(C)C)cc4)cc3)cc2)c2ccccc2)cc1. The van der Waals surface area contributed by atoms with Crippen LogP contribution in [0.1, 0.15) is 108 Å². The zero-order chi connectivity index (χ0) is 44.5. The van der Waals surface area contributed by atoms with E-state index in [0.29, 0.717) is 0 Å². The van der Waals surface area contributed by atoms with Gasteiger partial charge in [-0.3, -0.25) is 0 Å². The van der Waals surface area contributed by atoms with E-state index in [0.717, 1.165) is 11.1 Å². The minimum absolute atomic E-state index is 0.106. The molecule has 0 fully saturated rings. The van der Waals surface area contributed by atoms with Crippen molar-refractivity contribution in [2.24, 2.45) is 0 Å². The molecule has 0 heteroatoms. The second-order valence-electron chi connectivity index (χ2n) is 18.7. The molecule has 0 amide bonds. The van der Waals surface area contributed by atoms with Crippen LogP contribution in [-0.4, -0.2) is 0 Å². The van der Waals surface area contributed by atoms with Crippen LogP contribution in [0.2, 0.25) is 0 Å². The minimum Gasteiger partial charge on any atom is -0.0622 e. The van der Waals surface area contributed by atoms with Gasteiger partial charge in [-0.1, -0.05) is 272 Å². The van der Waals surface area contributed by atoms with E-state index >= 15 is 0 Å². The number of hydrogen-bond acceptors (Lipinski definition) is 0. The third-order valence-corrected chi connectivity index (χ3v) is 12.0. The maximum atomic E-state index is 2.33. The monoisotopic (exact) mass is 826 g/mol. The number of hydrogen-bond donors (Lipinski definition) is 0. The van der Waals surface area contributed by atoms with Crippen molar-refractivity contribution in [3.05, 3.63) is 273 Å².